The highest BCUT2D eigenvalue weighted by atomic mass is 28.3. The van der Waals surface area contributed by atoms with Gasteiger partial charge in [0.15, 0.2) is 6.20 Å². The Morgan fingerprint density at radius 3 is 2.44 bits per heavy atom. The molecule has 0 unspecified atom stereocenters. The van der Waals surface area contributed by atoms with Gasteiger partial charge in [0.05, 0.1) is 17.2 Å². The fraction of sp³-hybridized carbons (Fsp3) is 0.267. The lowest BCUT2D eigenvalue weighted by Gasteiger charge is -2.23. The monoisotopic (exact) mass is 461 g/mol. The van der Waals surface area contributed by atoms with E-state index in [2.05, 4.69) is 79.9 Å². The first-order valence-corrected chi connectivity index (χ1v) is 15.3. The number of rotatable bonds is 2. The third-order valence-corrected chi connectivity index (χ3v) is 10.9. The first-order chi connectivity index (χ1) is 16.4. The molecule has 2 aromatic heterocycles. The van der Waals surface area contributed by atoms with E-state index in [0.717, 1.165) is 45.2 Å². The molecule has 0 N–H and O–H groups in total. The summed E-state index contributed by atoms with van der Waals surface area (Å²) < 4.78 is 8.94. The minimum absolute atomic E-state index is 0.713. The van der Waals surface area contributed by atoms with Gasteiger partial charge in [-0.25, -0.2) is 4.57 Å². The molecule has 4 aromatic rings. The highest BCUT2D eigenvalue weighted by Crippen LogP contribution is 2.49. The Morgan fingerprint density at radius 2 is 1.68 bits per heavy atom. The van der Waals surface area contributed by atoms with E-state index in [-0.39, 0.29) is 0 Å². The summed E-state index contributed by atoms with van der Waals surface area (Å²) in [6.07, 6.45) is 6.91. The molecule has 3 nitrogen and oxygen atoms in total. The molecule has 4 heteroatoms. The van der Waals surface area contributed by atoms with Crippen LogP contribution in [0.5, 0.6) is 0 Å². The van der Waals surface area contributed by atoms with Crippen molar-refractivity contribution < 1.29 is 8.98 Å². The third-order valence-electron chi connectivity index (χ3n) is 7.79. The molecule has 0 saturated carbocycles. The van der Waals surface area contributed by atoms with Gasteiger partial charge >= 0.3 is 0 Å². The number of benzene rings is 2. The van der Waals surface area contributed by atoms with Crippen molar-refractivity contribution in [3.63, 3.8) is 0 Å². The van der Waals surface area contributed by atoms with E-state index >= 15 is 0 Å². The molecule has 3 heterocycles. The molecule has 0 radical (unpaired) electrons. The second kappa shape index (κ2) is 7.55. The van der Waals surface area contributed by atoms with Crippen molar-refractivity contribution in [1.82, 2.24) is 0 Å². The maximum atomic E-state index is 10.1. The lowest BCUT2D eigenvalue weighted by molar-refractivity contribution is -0.660. The molecule has 0 saturated heterocycles. The zero-order valence-corrected chi connectivity index (χ0v) is 21.3. The van der Waals surface area contributed by atoms with Gasteiger partial charge in [-0.2, -0.15) is 5.26 Å². The number of pyridine rings is 1. The molecule has 34 heavy (non-hydrogen) atoms. The summed E-state index contributed by atoms with van der Waals surface area (Å²) in [5.41, 5.74) is 12.2. The number of hydrogen-bond acceptors (Lipinski definition) is 2. The smallest absolute Gasteiger partial charge is 0.216 e. The number of allylic oxidation sites excluding steroid dienone is 3. The molecular formula is C30H29N2OSi+. The molecule has 0 fully saturated rings. The fourth-order valence-corrected chi connectivity index (χ4v) is 9.21. The van der Waals surface area contributed by atoms with Crippen LogP contribution >= 0.6 is 0 Å². The quantitative estimate of drug-likeness (QED) is 0.232. The van der Waals surface area contributed by atoms with Gasteiger partial charge in [0.2, 0.25) is 5.69 Å². The fourth-order valence-electron chi connectivity index (χ4n) is 6.14. The Labute approximate surface area is 201 Å². The SMILES string of the molecule is Cc1ccc2c(oc3c(C4=C[Si](C)(C)C5=C4CCCC5)c(C#N)ccc32)c1-c1cccc[n+]1C. The maximum absolute atomic E-state index is 10.1. The van der Waals surface area contributed by atoms with E-state index in [4.69, 9.17) is 4.42 Å². The Morgan fingerprint density at radius 1 is 0.941 bits per heavy atom. The summed E-state index contributed by atoms with van der Waals surface area (Å²) in [7, 11) is 0.445. The molecule has 0 spiro atoms. The number of fused-ring (bicyclic) bond motifs is 3. The molecular weight excluding hydrogens is 432 g/mol. The van der Waals surface area contributed by atoms with Gasteiger partial charge in [0, 0.05) is 28.5 Å². The van der Waals surface area contributed by atoms with Gasteiger partial charge < -0.3 is 4.42 Å². The van der Waals surface area contributed by atoms with Crippen molar-refractivity contribution in [2.45, 2.75) is 45.7 Å². The first-order valence-electron chi connectivity index (χ1n) is 12.2. The molecule has 0 bridgehead atoms. The minimum atomic E-state index is -1.63. The van der Waals surface area contributed by atoms with Gasteiger partial charge in [0.25, 0.3) is 0 Å². The van der Waals surface area contributed by atoms with Gasteiger partial charge in [-0.3, -0.25) is 0 Å². The number of nitrogens with zero attached hydrogens (tertiary/aromatic N) is 2. The lowest BCUT2D eigenvalue weighted by Crippen LogP contribution is -2.30. The average molecular weight is 462 g/mol. The van der Waals surface area contributed by atoms with E-state index < -0.39 is 8.07 Å². The zero-order valence-electron chi connectivity index (χ0n) is 20.3. The van der Waals surface area contributed by atoms with Crippen LogP contribution in [0.3, 0.4) is 0 Å². The predicted octanol–water partition coefficient (Wildman–Crippen LogP) is 7.31. The minimum Gasteiger partial charge on any atom is -0.454 e. The van der Waals surface area contributed by atoms with Crippen LogP contribution in [0.1, 0.15) is 42.4 Å². The highest BCUT2D eigenvalue weighted by molar-refractivity contribution is 6.91. The largest absolute Gasteiger partial charge is 0.454 e. The summed E-state index contributed by atoms with van der Waals surface area (Å²) in [5.74, 6) is 0. The van der Waals surface area contributed by atoms with Crippen LogP contribution < -0.4 is 4.57 Å². The van der Waals surface area contributed by atoms with Gasteiger partial charge in [-0.1, -0.05) is 36.1 Å². The van der Waals surface area contributed by atoms with E-state index in [1.54, 1.807) is 5.20 Å². The molecule has 6 rings (SSSR count). The van der Waals surface area contributed by atoms with Gasteiger partial charge in [-0.15, -0.1) is 0 Å². The van der Waals surface area contributed by atoms with Crippen molar-refractivity contribution >= 4 is 35.6 Å². The second-order valence-electron chi connectivity index (χ2n) is 10.4. The van der Waals surface area contributed by atoms with Crippen LogP contribution in [0.25, 0.3) is 38.8 Å². The molecule has 168 valence electrons. The van der Waals surface area contributed by atoms with Gasteiger partial charge in [-0.05, 0) is 67.5 Å². The van der Waals surface area contributed by atoms with Crippen molar-refractivity contribution in [3.05, 3.63) is 81.8 Å². The summed E-state index contributed by atoms with van der Waals surface area (Å²) in [6.45, 7) is 7.04. The number of aryl methyl sites for hydroxylation is 2. The normalized spacial score (nSPS) is 17.2. The number of nitriles is 1. The van der Waals surface area contributed by atoms with Crippen LogP contribution in [0.15, 0.2) is 69.5 Å². The third kappa shape index (κ3) is 2.97. The first kappa shape index (κ1) is 21.1. The van der Waals surface area contributed by atoms with E-state index in [1.165, 1.54) is 36.0 Å². The van der Waals surface area contributed by atoms with E-state index in [1.807, 2.05) is 12.1 Å². The topological polar surface area (TPSA) is 40.8 Å². The Balaban J connectivity index is 1.71. The standard InChI is InChI=1S/C30H29N2OSi/c1-19-12-14-22-23-15-13-20(17-31)28(24-18-34(3,4)26-11-6-5-9-21(24)26)30(23)33-29(22)27(19)25-10-7-8-16-32(25)2/h7-8,10,12-16,18H,5-6,9,11H2,1-4H3/q+1. The van der Waals surface area contributed by atoms with Crippen molar-refractivity contribution in [2.75, 3.05) is 0 Å². The highest BCUT2D eigenvalue weighted by Gasteiger charge is 2.37. The molecule has 2 aliphatic rings. The second-order valence-corrected chi connectivity index (χ2v) is 14.7. The number of hydrogen-bond donors (Lipinski definition) is 0. The van der Waals surface area contributed by atoms with Crippen LogP contribution in [-0.2, 0) is 7.05 Å². The maximum Gasteiger partial charge on any atom is 0.216 e. The van der Waals surface area contributed by atoms with Crippen molar-refractivity contribution in [1.29, 1.82) is 5.26 Å². The van der Waals surface area contributed by atoms with Crippen molar-refractivity contribution in [2.24, 2.45) is 7.05 Å². The summed E-state index contributed by atoms with van der Waals surface area (Å²) in [4.78, 5) is 0. The van der Waals surface area contributed by atoms with Crippen LogP contribution in [0, 0.1) is 18.3 Å². The van der Waals surface area contributed by atoms with Crippen LogP contribution in [0.4, 0.5) is 0 Å². The van der Waals surface area contributed by atoms with E-state index in [0.29, 0.717) is 5.56 Å². The van der Waals surface area contributed by atoms with Crippen LogP contribution in [-0.4, -0.2) is 8.07 Å². The van der Waals surface area contributed by atoms with E-state index in [9.17, 15) is 5.26 Å². The van der Waals surface area contributed by atoms with Gasteiger partial charge in [0.1, 0.15) is 26.3 Å². The van der Waals surface area contributed by atoms with Crippen LogP contribution in [0.2, 0.25) is 13.1 Å². The summed E-state index contributed by atoms with van der Waals surface area (Å²) >= 11 is 0. The zero-order chi connectivity index (χ0) is 23.6. The summed E-state index contributed by atoms with van der Waals surface area (Å²) in [5, 5.41) is 14.0. The molecule has 0 atom stereocenters. The predicted molar refractivity (Wildman–Crippen MR) is 141 cm³/mol. The number of aromatic nitrogens is 1. The van der Waals surface area contributed by atoms with Crippen molar-refractivity contribution in [3.8, 4) is 17.3 Å². The molecule has 0 amide bonds. The molecule has 1 aliphatic carbocycles. The lowest BCUT2D eigenvalue weighted by atomic mass is 9.87. The molecule has 1 aliphatic heterocycles. The molecule has 2 aromatic carbocycles. The Bertz CT molecular complexity index is 1610. The Hall–Kier alpha value is -3.42. The number of furan rings is 1. The average Bonchev–Trinajstić information content (AvgIpc) is 3.34. The summed E-state index contributed by atoms with van der Waals surface area (Å²) in [6, 6.07) is 17.2. The Kier molecular flexibility index (Phi) is 4.69.